The van der Waals surface area contributed by atoms with E-state index in [1.165, 1.54) is 0 Å². The predicted octanol–water partition coefficient (Wildman–Crippen LogP) is 8.04. The van der Waals surface area contributed by atoms with Crippen LogP contribution in [0.2, 0.25) is 0 Å². The van der Waals surface area contributed by atoms with Gasteiger partial charge in [0, 0.05) is 22.4 Å². The lowest BCUT2D eigenvalue weighted by Gasteiger charge is -2.14. The summed E-state index contributed by atoms with van der Waals surface area (Å²) in [7, 11) is 1.65. The zero-order valence-electron chi connectivity index (χ0n) is 24.1. The fraction of sp³-hybridized carbons (Fsp3) is 0.0541. The highest BCUT2D eigenvalue weighted by Crippen LogP contribution is 2.38. The van der Waals surface area contributed by atoms with Crippen LogP contribution < -0.4 is 9.47 Å². The Morgan fingerprint density at radius 3 is 1.86 bits per heavy atom. The Bertz CT molecular complexity index is 1970. The Kier molecular flexibility index (Phi) is 7.41. The lowest BCUT2D eigenvalue weighted by molar-refractivity contribution is 0.301. The van der Waals surface area contributed by atoms with Gasteiger partial charge in [-0.1, -0.05) is 84.1 Å². The van der Waals surface area contributed by atoms with E-state index in [4.69, 9.17) is 14.5 Å². The third kappa shape index (κ3) is 5.46. The van der Waals surface area contributed by atoms with Crippen molar-refractivity contribution in [2.45, 2.75) is 6.61 Å². The van der Waals surface area contributed by atoms with Crippen molar-refractivity contribution >= 4 is 0 Å². The molecule has 0 amide bonds. The number of para-hydroxylation sites is 1. The van der Waals surface area contributed by atoms with E-state index in [1.54, 1.807) is 11.8 Å². The van der Waals surface area contributed by atoms with Gasteiger partial charge < -0.3 is 9.47 Å². The first-order chi connectivity index (χ1) is 21.8. The fourth-order valence-electron chi connectivity index (χ4n) is 5.19. The lowest BCUT2D eigenvalue weighted by Crippen LogP contribution is -2.00. The summed E-state index contributed by atoms with van der Waals surface area (Å²) < 4.78 is 15.3. The van der Waals surface area contributed by atoms with Gasteiger partial charge >= 0.3 is 0 Å². The van der Waals surface area contributed by atoms with E-state index in [0.717, 1.165) is 62.5 Å². The fourth-order valence-corrected chi connectivity index (χ4v) is 5.19. The molecule has 0 saturated carbocycles. The number of hydrogen-bond acceptors (Lipinski definition) is 5. The summed E-state index contributed by atoms with van der Waals surface area (Å²) in [5.74, 6) is 2.37. The molecule has 0 bridgehead atoms. The normalized spacial score (nSPS) is 10.9. The summed E-state index contributed by atoms with van der Waals surface area (Å²) >= 11 is 0. The molecule has 7 nitrogen and oxygen atoms in total. The predicted molar refractivity (Wildman–Crippen MR) is 172 cm³/mol. The smallest absolute Gasteiger partial charge is 0.145 e. The molecule has 0 radical (unpaired) electrons. The molecular formula is C37H29N5O2. The zero-order chi connectivity index (χ0) is 29.7. The van der Waals surface area contributed by atoms with Crippen molar-refractivity contribution in [2.24, 2.45) is 0 Å². The molecule has 2 heterocycles. The van der Waals surface area contributed by atoms with Crippen LogP contribution in [0, 0.1) is 0 Å². The van der Waals surface area contributed by atoms with Gasteiger partial charge in [-0.15, -0.1) is 5.10 Å². The maximum atomic E-state index is 6.09. The number of aromatic nitrogens is 5. The molecule has 0 aliphatic carbocycles. The average molecular weight is 576 g/mol. The van der Waals surface area contributed by atoms with Crippen molar-refractivity contribution in [3.05, 3.63) is 151 Å². The van der Waals surface area contributed by atoms with Gasteiger partial charge in [0.05, 0.1) is 30.4 Å². The molecule has 0 saturated heterocycles. The molecule has 0 fully saturated rings. The van der Waals surface area contributed by atoms with Gasteiger partial charge in [0.2, 0.25) is 0 Å². The minimum atomic E-state index is 0.296. The second kappa shape index (κ2) is 12.1. The highest BCUT2D eigenvalue weighted by molar-refractivity contribution is 5.84. The lowest BCUT2D eigenvalue weighted by atomic mass is 10.0. The van der Waals surface area contributed by atoms with Gasteiger partial charge in [0.15, 0.2) is 0 Å². The molecule has 5 aromatic carbocycles. The third-order valence-corrected chi connectivity index (χ3v) is 7.36. The molecule has 0 aliphatic rings. The zero-order valence-corrected chi connectivity index (χ0v) is 24.1. The highest BCUT2D eigenvalue weighted by atomic mass is 16.5. The largest absolute Gasteiger partial charge is 0.497 e. The number of methoxy groups -OCH3 is 1. The maximum absolute atomic E-state index is 6.09. The SMILES string of the molecule is COc1ccc(-n2cc(COc3ccc(-c4nc(-c5ccccc5)c(-c5ccccc5)n4-c4ccccc4)cc3)nn2)cc1. The average Bonchev–Trinajstić information content (AvgIpc) is 3.75. The first kappa shape index (κ1) is 26.9. The monoisotopic (exact) mass is 575 g/mol. The van der Waals surface area contributed by atoms with Crippen molar-refractivity contribution in [3.63, 3.8) is 0 Å². The molecule has 7 aromatic rings. The summed E-state index contributed by atoms with van der Waals surface area (Å²) in [5, 5.41) is 8.52. The van der Waals surface area contributed by atoms with Crippen LogP contribution in [0.5, 0.6) is 11.5 Å². The van der Waals surface area contributed by atoms with Gasteiger partial charge in [0.1, 0.15) is 29.6 Å². The second-order valence-corrected chi connectivity index (χ2v) is 10.2. The number of benzene rings is 5. The summed E-state index contributed by atoms with van der Waals surface area (Å²) in [6.45, 7) is 0.296. The van der Waals surface area contributed by atoms with Gasteiger partial charge in [0.25, 0.3) is 0 Å². The Labute approximate surface area is 255 Å². The van der Waals surface area contributed by atoms with Crippen molar-refractivity contribution in [2.75, 3.05) is 7.11 Å². The molecule has 7 heteroatoms. The number of rotatable bonds is 9. The van der Waals surface area contributed by atoms with Crippen LogP contribution in [0.4, 0.5) is 0 Å². The van der Waals surface area contributed by atoms with E-state index in [2.05, 4.69) is 87.7 Å². The minimum absolute atomic E-state index is 0.296. The van der Waals surface area contributed by atoms with E-state index < -0.39 is 0 Å². The first-order valence-corrected chi connectivity index (χ1v) is 14.3. The standard InChI is InChI=1S/C37H29N5O2/c1-43-33-23-19-31(20-24-33)41-25-30(39-40-41)26-44-34-21-17-29(18-22-34)37-38-35(27-11-5-2-6-12-27)36(28-13-7-3-8-14-28)42(37)32-15-9-4-10-16-32/h2-25H,26H2,1H3. The van der Waals surface area contributed by atoms with Gasteiger partial charge in [-0.25, -0.2) is 9.67 Å². The Balaban J connectivity index is 1.21. The maximum Gasteiger partial charge on any atom is 0.145 e. The Morgan fingerprint density at radius 1 is 0.591 bits per heavy atom. The number of imidazole rings is 1. The van der Waals surface area contributed by atoms with Crippen LogP contribution >= 0.6 is 0 Å². The van der Waals surface area contributed by atoms with Gasteiger partial charge in [-0.3, -0.25) is 4.57 Å². The number of nitrogens with zero attached hydrogens (tertiary/aromatic N) is 5. The molecule has 0 N–H and O–H groups in total. The van der Waals surface area contributed by atoms with Crippen molar-refractivity contribution < 1.29 is 9.47 Å². The minimum Gasteiger partial charge on any atom is -0.497 e. The molecule has 214 valence electrons. The number of hydrogen-bond donors (Lipinski definition) is 0. The summed E-state index contributed by atoms with van der Waals surface area (Å²) in [5.41, 5.74) is 7.76. The van der Waals surface area contributed by atoms with Crippen molar-refractivity contribution in [1.29, 1.82) is 0 Å². The van der Waals surface area contributed by atoms with Crippen LogP contribution in [-0.2, 0) is 6.61 Å². The molecular weight excluding hydrogens is 546 g/mol. The van der Waals surface area contributed by atoms with Crippen molar-refractivity contribution in [3.8, 4) is 56.8 Å². The molecule has 0 unspecified atom stereocenters. The molecule has 0 aliphatic heterocycles. The number of ether oxygens (including phenoxy) is 2. The molecule has 44 heavy (non-hydrogen) atoms. The van der Waals surface area contributed by atoms with E-state index in [9.17, 15) is 0 Å². The molecule has 2 aromatic heterocycles. The van der Waals surface area contributed by atoms with Gasteiger partial charge in [-0.05, 0) is 60.7 Å². The molecule has 0 spiro atoms. The van der Waals surface area contributed by atoms with Crippen LogP contribution in [0.25, 0.3) is 45.3 Å². The molecule has 7 rings (SSSR count). The summed E-state index contributed by atoms with van der Waals surface area (Å²) in [6.07, 6.45) is 1.86. The molecule has 0 atom stereocenters. The highest BCUT2D eigenvalue weighted by Gasteiger charge is 2.22. The van der Waals surface area contributed by atoms with E-state index in [0.29, 0.717) is 6.61 Å². The second-order valence-electron chi connectivity index (χ2n) is 10.2. The van der Waals surface area contributed by atoms with Crippen LogP contribution in [0.15, 0.2) is 146 Å². The summed E-state index contributed by atoms with van der Waals surface area (Å²) in [4.78, 5) is 5.26. The van der Waals surface area contributed by atoms with Crippen LogP contribution in [0.1, 0.15) is 5.69 Å². The topological polar surface area (TPSA) is 67.0 Å². The first-order valence-electron chi connectivity index (χ1n) is 14.3. The van der Waals surface area contributed by atoms with E-state index in [1.807, 2.05) is 72.9 Å². The van der Waals surface area contributed by atoms with Crippen LogP contribution in [-0.4, -0.2) is 31.7 Å². The third-order valence-electron chi connectivity index (χ3n) is 7.36. The van der Waals surface area contributed by atoms with Crippen molar-refractivity contribution in [1.82, 2.24) is 24.5 Å². The Hall–Kier alpha value is -5.95. The van der Waals surface area contributed by atoms with Gasteiger partial charge in [-0.2, -0.15) is 0 Å². The summed E-state index contributed by atoms with van der Waals surface area (Å²) in [6, 6.07) is 46.8. The van der Waals surface area contributed by atoms with E-state index >= 15 is 0 Å². The van der Waals surface area contributed by atoms with Crippen LogP contribution in [0.3, 0.4) is 0 Å². The quantitative estimate of drug-likeness (QED) is 0.174. The van der Waals surface area contributed by atoms with E-state index in [-0.39, 0.29) is 0 Å². The Morgan fingerprint density at radius 2 is 1.20 bits per heavy atom.